The van der Waals surface area contributed by atoms with Gasteiger partial charge in [0.25, 0.3) is 0 Å². The quantitative estimate of drug-likeness (QED) is 0.165. The van der Waals surface area contributed by atoms with Crippen LogP contribution in [0, 0.1) is 0 Å². The Labute approximate surface area is 248 Å². The molecule has 3 rings (SSSR count). The molecule has 0 amide bonds. The van der Waals surface area contributed by atoms with Gasteiger partial charge in [-0.25, -0.2) is 8.42 Å². The fraction of sp³-hybridized carbons (Fsp3) is 0.500. The molecule has 1 aliphatic rings. The van der Waals surface area contributed by atoms with Crippen LogP contribution >= 0.6 is 15.2 Å². The molecule has 0 aromatic heterocycles. The van der Waals surface area contributed by atoms with E-state index in [2.05, 4.69) is 11.9 Å². The smallest absolute Gasteiger partial charge is 0.342 e. The Kier molecular flexibility index (Phi) is 11.4. The van der Waals surface area contributed by atoms with Crippen LogP contribution in [0.4, 0.5) is 0 Å². The lowest BCUT2D eigenvalue weighted by Crippen LogP contribution is -2.51. The van der Waals surface area contributed by atoms with E-state index in [9.17, 15) is 32.2 Å². The van der Waals surface area contributed by atoms with Crippen molar-refractivity contribution in [3.8, 4) is 5.75 Å². The van der Waals surface area contributed by atoms with Crippen LogP contribution in [0.25, 0.3) is 0 Å². The average Bonchev–Trinajstić information content (AvgIpc) is 2.98. The number of fused-ring (bicyclic) bond motifs is 1. The largest absolute Gasteiger partial charge is 0.496 e. The van der Waals surface area contributed by atoms with Gasteiger partial charge in [-0.05, 0) is 43.5 Å². The first-order chi connectivity index (χ1) is 19.6. The molecule has 14 heteroatoms. The number of methoxy groups -OCH3 is 1. The Balaban J connectivity index is 2.23. The van der Waals surface area contributed by atoms with E-state index in [1.807, 2.05) is 44.2 Å². The molecule has 1 heterocycles. The van der Waals surface area contributed by atoms with Crippen LogP contribution < -0.4 is 10.1 Å². The van der Waals surface area contributed by atoms with E-state index in [-0.39, 0.29) is 35.1 Å². The summed E-state index contributed by atoms with van der Waals surface area (Å²) in [5, 5.41) is 3.65. The molecule has 42 heavy (non-hydrogen) atoms. The van der Waals surface area contributed by atoms with E-state index in [0.29, 0.717) is 17.6 Å². The normalized spacial score (nSPS) is 21.8. The molecule has 4 N–H and O–H groups in total. The summed E-state index contributed by atoms with van der Waals surface area (Å²) in [6.45, 7) is 9.22. The minimum absolute atomic E-state index is 0.0485. The van der Waals surface area contributed by atoms with E-state index in [1.54, 1.807) is 6.07 Å². The maximum absolute atomic E-state index is 14.2. The Morgan fingerprint density at radius 1 is 1.14 bits per heavy atom. The predicted octanol–water partition coefficient (Wildman–Crippen LogP) is 4.78. The number of nitrogens with one attached hydrogen (secondary N) is 1. The molecule has 0 radical (unpaired) electrons. The summed E-state index contributed by atoms with van der Waals surface area (Å²) >= 11 is 0. The summed E-state index contributed by atoms with van der Waals surface area (Å²) in [4.78, 5) is 30.7. The number of benzene rings is 2. The van der Waals surface area contributed by atoms with Gasteiger partial charge in [-0.3, -0.25) is 19.3 Å². The first-order valence-corrected chi connectivity index (χ1v) is 18.9. The standard InChI is InChI=1S/C28H42N2O9P2S/c1-6-8-14-28(21(3)4)18-42(36,37)26-15-23(17-30(19-40(31,32)33)20-41(34,35)39-7-2)25(38-5)16-24(26)27(29-28)22-12-10-9-11-13-22/h9-13,15-16,27,29H,3,6-8,14,17-20H2,1-2,4-5H3,(H,34,35)(H2,31,32,33). The Hall–Kier alpha value is -1.85. The fourth-order valence-electron chi connectivity index (χ4n) is 5.36. The number of rotatable bonds is 14. The Bertz CT molecular complexity index is 1460. The van der Waals surface area contributed by atoms with Crippen molar-refractivity contribution < 1.29 is 41.5 Å². The minimum Gasteiger partial charge on any atom is -0.496 e. The van der Waals surface area contributed by atoms with Crippen molar-refractivity contribution in [1.82, 2.24) is 10.2 Å². The molecular formula is C28H42N2O9P2S. The van der Waals surface area contributed by atoms with Gasteiger partial charge >= 0.3 is 15.2 Å². The molecule has 3 atom stereocenters. The zero-order valence-electron chi connectivity index (χ0n) is 24.5. The van der Waals surface area contributed by atoms with Gasteiger partial charge in [-0.1, -0.05) is 62.2 Å². The first kappa shape index (κ1) is 34.6. The first-order valence-electron chi connectivity index (χ1n) is 13.7. The third-order valence-electron chi connectivity index (χ3n) is 7.31. The SMILES string of the molecule is C=C(C)C1(CCCC)CS(=O)(=O)c2cc(CN(CP(=O)(O)O)CP(=O)(O)OCC)c(OC)cc2C(c2ccccc2)N1. The molecule has 0 spiro atoms. The van der Waals surface area contributed by atoms with Crippen LogP contribution in [-0.2, 0) is 30.0 Å². The molecule has 3 unspecified atom stereocenters. The van der Waals surface area contributed by atoms with E-state index in [4.69, 9.17) is 9.26 Å². The second-order valence-electron chi connectivity index (χ2n) is 10.7. The van der Waals surface area contributed by atoms with E-state index < -0.39 is 49.2 Å². The van der Waals surface area contributed by atoms with Crippen molar-refractivity contribution in [3.63, 3.8) is 0 Å². The highest BCUT2D eigenvalue weighted by molar-refractivity contribution is 7.91. The summed E-state index contributed by atoms with van der Waals surface area (Å²) in [5.74, 6) is 0.0303. The highest BCUT2D eigenvalue weighted by atomic mass is 32.2. The van der Waals surface area contributed by atoms with Crippen LogP contribution in [0.5, 0.6) is 5.75 Å². The summed E-state index contributed by atoms with van der Waals surface area (Å²) in [5.41, 5.74) is 1.37. The molecule has 1 aliphatic heterocycles. The van der Waals surface area contributed by atoms with Crippen LogP contribution in [0.15, 0.2) is 59.5 Å². The maximum atomic E-state index is 14.2. The van der Waals surface area contributed by atoms with Gasteiger partial charge in [0.05, 0.1) is 35.9 Å². The van der Waals surface area contributed by atoms with Crippen molar-refractivity contribution in [1.29, 1.82) is 0 Å². The van der Waals surface area contributed by atoms with Gasteiger partial charge in [0.15, 0.2) is 9.84 Å². The van der Waals surface area contributed by atoms with Gasteiger partial charge in [0.1, 0.15) is 18.3 Å². The maximum Gasteiger partial charge on any atom is 0.342 e. The lowest BCUT2D eigenvalue weighted by Gasteiger charge is -2.37. The summed E-state index contributed by atoms with van der Waals surface area (Å²) < 4.78 is 63.4. The van der Waals surface area contributed by atoms with Crippen LogP contribution in [0.1, 0.15) is 62.8 Å². The molecule has 0 saturated carbocycles. The van der Waals surface area contributed by atoms with Crippen LogP contribution in [0.3, 0.4) is 0 Å². The summed E-state index contributed by atoms with van der Waals surface area (Å²) in [6.07, 6.45) is 0.674. The zero-order valence-corrected chi connectivity index (χ0v) is 27.1. The lowest BCUT2D eigenvalue weighted by atomic mass is 9.85. The van der Waals surface area contributed by atoms with Gasteiger partial charge in [0.2, 0.25) is 0 Å². The van der Waals surface area contributed by atoms with Gasteiger partial charge < -0.3 is 23.9 Å². The van der Waals surface area contributed by atoms with Crippen molar-refractivity contribution >= 4 is 25.0 Å². The van der Waals surface area contributed by atoms with Crippen molar-refractivity contribution in [2.75, 3.05) is 32.0 Å². The van der Waals surface area contributed by atoms with Gasteiger partial charge in [-0.15, -0.1) is 0 Å². The van der Waals surface area contributed by atoms with E-state index in [0.717, 1.165) is 23.3 Å². The summed E-state index contributed by atoms with van der Waals surface area (Å²) in [7, 11) is -11.4. The number of nitrogens with zero attached hydrogens (tertiary/aromatic N) is 1. The Morgan fingerprint density at radius 2 is 1.81 bits per heavy atom. The third kappa shape index (κ3) is 8.62. The number of sulfone groups is 1. The van der Waals surface area contributed by atoms with Crippen molar-refractivity contribution in [2.45, 2.75) is 63.1 Å². The highest BCUT2D eigenvalue weighted by Gasteiger charge is 2.44. The second kappa shape index (κ2) is 13.8. The van der Waals surface area contributed by atoms with E-state index >= 15 is 0 Å². The average molecular weight is 645 g/mol. The Morgan fingerprint density at radius 3 is 2.36 bits per heavy atom. The molecule has 2 aromatic rings. The molecule has 11 nitrogen and oxygen atoms in total. The molecule has 234 valence electrons. The monoisotopic (exact) mass is 644 g/mol. The third-order valence-corrected chi connectivity index (χ3v) is 11.4. The second-order valence-corrected chi connectivity index (χ2v) is 16.1. The fourth-order valence-corrected chi connectivity index (χ4v) is 9.56. The summed E-state index contributed by atoms with van der Waals surface area (Å²) in [6, 6.07) is 12.0. The topological polar surface area (TPSA) is 163 Å². The molecule has 0 aliphatic carbocycles. The number of unbranched alkanes of at least 4 members (excludes halogenated alkanes) is 1. The molecule has 0 bridgehead atoms. The molecule has 2 aromatic carbocycles. The van der Waals surface area contributed by atoms with Crippen molar-refractivity contribution in [2.24, 2.45) is 0 Å². The lowest BCUT2D eigenvalue weighted by molar-refractivity contribution is 0.234. The van der Waals surface area contributed by atoms with Crippen LogP contribution in [-0.4, -0.2) is 65.6 Å². The minimum atomic E-state index is -4.67. The molecule has 0 fully saturated rings. The molecule has 0 saturated heterocycles. The van der Waals surface area contributed by atoms with E-state index in [1.165, 1.54) is 20.1 Å². The predicted molar refractivity (Wildman–Crippen MR) is 162 cm³/mol. The number of hydrogen-bond acceptors (Lipinski definition) is 8. The van der Waals surface area contributed by atoms with Crippen molar-refractivity contribution in [3.05, 3.63) is 71.3 Å². The van der Waals surface area contributed by atoms with Gasteiger partial charge in [0, 0.05) is 12.1 Å². The highest BCUT2D eigenvalue weighted by Crippen LogP contribution is 2.47. The van der Waals surface area contributed by atoms with Crippen LogP contribution in [0.2, 0.25) is 0 Å². The number of hydrogen-bond donors (Lipinski definition) is 4. The van der Waals surface area contributed by atoms with Gasteiger partial charge in [-0.2, -0.15) is 0 Å². The zero-order chi connectivity index (χ0) is 31.3. The number of ether oxygens (including phenoxy) is 1. The molecular weight excluding hydrogens is 602 g/mol.